The molecule has 0 saturated carbocycles. The normalized spacial score (nSPS) is 14.4. The molecule has 0 aliphatic carbocycles. The van der Waals surface area contributed by atoms with E-state index in [1.54, 1.807) is 16.4 Å². The van der Waals surface area contributed by atoms with E-state index in [9.17, 15) is 31.9 Å². The van der Waals surface area contributed by atoms with Crippen molar-refractivity contribution in [2.45, 2.75) is 19.6 Å². The van der Waals surface area contributed by atoms with Crippen LogP contribution in [0, 0.1) is 5.82 Å². The lowest BCUT2D eigenvalue weighted by Crippen LogP contribution is -2.52. The van der Waals surface area contributed by atoms with Crippen LogP contribution in [0.15, 0.2) is 42.6 Å². The summed E-state index contributed by atoms with van der Waals surface area (Å²) in [4.78, 5) is 45.5. The lowest BCUT2D eigenvalue weighted by atomic mass is 10.2. The van der Waals surface area contributed by atoms with Gasteiger partial charge in [0.25, 0.3) is 5.91 Å². The van der Waals surface area contributed by atoms with Crippen LogP contribution in [0.2, 0.25) is 0 Å². The van der Waals surface area contributed by atoms with Crippen LogP contribution in [0.4, 0.5) is 28.0 Å². The number of nitrogens with one attached hydrogen (secondary N) is 2. The molecule has 1 aliphatic rings. The van der Waals surface area contributed by atoms with Gasteiger partial charge in [-0.15, -0.1) is 0 Å². The van der Waals surface area contributed by atoms with E-state index in [1.807, 2.05) is 6.92 Å². The molecule has 0 spiro atoms. The zero-order valence-corrected chi connectivity index (χ0v) is 18.8. The molecule has 0 bridgehead atoms. The number of hydrogen-bond donors (Lipinski definition) is 2. The van der Waals surface area contributed by atoms with Gasteiger partial charge in [-0.1, -0.05) is 13.0 Å². The van der Waals surface area contributed by atoms with Crippen LogP contribution < -0.4 is 15.8 Å². The summed E-state index contributed by atoms with van der Waals surface area (Å²) in [5.41, 5.74) is 3.48. The third-order valence-electron chi connectivity index (χ3n) is 5.39. The zero-order chi connectivity index (χ0) is 25.6. The Balaban J connectivity index is 1.72. The lowest BCUT2D eigenvalue weighted by molar-refractivity contribution is -0.174. The van der Waals surface area contributed by atoms with E-state index in [1.165, 1.54) is 40.7 Å². The number of hydrazine groups is 1. The summed E-state index contributed by atoms with van der Waals surface area (Å²) in [6, 6.07) is 7.93. The second-order valence-electron chi connectivity index (χ2n) is 7.71. The number of pyridine rings is 1. The quantitative estimate of drug-likeness (QED) is 0.489. The SMILES string of the molecule is CCN1CCN(C(=O)N(Cc2ccc(C(=O)NNC(=O)C(F)(F)F)cn2)c2cccc(F)c2)CC1. The summed E-state index contributed by atoms with van der Waals surface area (Å²) in [5.74, 6) is -3.84. The summed E-state index contributed by atoms with van der Waals surface area (Å²) in [6.07, 6.45) is -4.05. The minimum absolute atomic E-state index is 0.0387. The molecule has 1 aromatic carbocycles. The van der Waals surface area contributed by atoms with E-state index in [0.29, 0.717) is 37.6 Å². The number of carbonyl (C=O) groups is 3. The van der Waals surface area contributed by atoms with Crippen LogP contribution >= 0.6 is 0 Å². The molecule has 1 aromatic heterocycles. The maximum atomic E-state index is 13.9. The Bertz CT molecular complexity index is 1060. The van der Waals surface area contributed by atoms with Gasteiger partial charge in [-0.2, -0.15) is 13.2 Å². The predicted molar refractivity (Wildman–Crippen MR) is 118 cm³/mol. The topological polar surface area (TPSA) is 97.9 Å². The number of aromatic nitrogens is 1. The van der Waals surface area contributed by atoms with Gasteiger partial charge in [0.15, 0.2) is 0 Å². The summed E-state index contributed by atoms with van der Waals surface area (Å²) in [6.45, 7) is 5.32. The molecular weight excluding hydrogens is 472 g/mol. The fourth-order valence-electron chi connectivity index (χ4n) is 3.41. The monoisotopic (exact) mass is 496 g/mol. The minimum atomic E-state index is -5.15. The first-order chi connectivity index (χ1) is 16.6. The van der Waals surface area contributed by atoms with Crippen molar-refractivity contribution in [1.29, 1.82) is 0 Å². The fraction of sp³-hybridized carbons (Fsp3) is 0.364. The van der Waals surface area contributed by atoms with Crippen molar-refractivity contribution in [2.75, 3.05) is 37.6 Å². The van der Waals surface area contributed by atoms with Crippen molar-refractivity contribution >= 4 is 23.5 Å². The highest BCUT2D eigenvalue weighted by Gasteiger charge is 2.39. The molecule has 0 atom stereocenters. The molecule has 0 unspecified atom stereocenters. The number of nitrogens with zero attached hydrogens (tertiary/aromatic N) is 4. The van der Waals surface area contributed by atoms with Crippen molar-refractivity contribution in [2.24, 2.45) is 0 Å². The number of hydrogen-bond acceptors (Lipinski definition) is 5. The molecule has 1 fully saturated rings. The Morgan fingerprint density at radius 3 is 2.34 bits per heavy atom. The number of amides is 4. The Labute approximate surface area is 198 Å². The third-order valence-corrected chi connectivity index (χ3v) is 5.39. The van der Waals surface area contributed by atoms with Gasteiger partial charge in [0.2, 0.25) is 0 Å². The van der Waals surface area contributed by atoms with Gasteiger partial charge in [-0.05, 0) is 36.9 Å². The standard InChI is InChI=1S/C22H24F4N6O3/c1-2-30-8-10-31(11-9-30)21(35)32(18-5-3-4-16(23)12-18)14-17-7-6-15(13-27-17)19(33)28-29-20(34)22(24,25)26/h3-7,12-13H,2,8-11,14H2,1H3,(H,28,33)(H,29,34). The number of alkyl halides is 3. The number of likely N-dealkylation sites (N-methyl/N-ethyl adjacent to an activating group) is 1. The molecule has 13 heteroatoms. The largest absolute Gasteiger partial charge is 0.472 e. The van der Waals surface area contributed by atoms with E-state index < -0.39 is 23.8 Å². The highest BCUT2D eigenvalue weighted by molar-refractivity contribution is 5.95. The summed E-state index contributed by atoms with van der Waals surface area (Å²) < 4.78 is 50.6. The number of piperazine rings is 1. The Morgan fingerprint density at radius 2 is 1.77 bits per heavy atom. The number of anilines is 1. The van der Waals surface area contributed by atoms with E-state index in [4.69, 9.17) is 0 Å². The molecule has 188 valence electrons. The van der Waals surface area contributed by atoms with Gasteiger partial charge in [0, 0.05) is 38.1 Å². The molecule has 2 heterocycles. The molecule has 2 aromatic rings. The molecular formula is C22H24F4N6O3. The van der Waals surface area contributed by atoms with Gasteiger partial charge in [0.1, 0.15) is 5.82 Å². The number of benzene rings is 1. The molecule has 9 nitrogen and oxygen atoms in total. The van der Waals surface area contributed by atoms with E-state index >= 15 is 0 Å². The van der Waals surface area contributed by atoms with Crippen LogP contribution in [0.5, 0.6) is 0 Å². The first-order valence-corrected chi connectivity index (χ1v) is 10.7. The molecule has 3 rings (SSSR count). The Morgan fingerprint density at radius 1 is 1.06 bits per heavy atom. The maximum absolute atomic E-state index is 13.9. The van der Waals surface area contributed by atoms with Gasteiger partial charge >= 0.3 is 18.1 Å². The average molecular weight is 496 g/mol. The number of halogens is 4. The third kappa shape index (κ3) is 6.88. The molecule has 35 heavy (non-hydrogen) atoms. The Kier molecular flexibility index (Phi) is 8.22. The fourth-order valence-corrected chi connectivity index (χ4v) is 3.41. The Hall–Kier alpha value is -3.74. The summed E-state index contributed by atoms with van der Waals surface area (Å²) in [5, 5.41) is 0. The van der Waals surface area contributed by atoms with E-state index in [-0.39, 0.29) is 18.1 Å². The van der Waals surface area contributed by atoms with Gasteiger partial charge < -0.3 is 9.80 Å². The predicted octanol–water partition coefficient (Wildman–Crippen LogP) is 2.31. The van der Waals surface area contributed by atoms with Gasteiger partial charge in [-0.3, -0.25) is 30.3 Å². The first kappa shape index (κ1) is 25.9. The number of carbonyl (C=O) groups excluding carboxylic acids is 3. The van der Waals surface area contributed by atoms with E-state index in [0.717, 1.165) is 12.7 Å². The number of rotatable bonds is 5. The average Bonchev–Trinajstić information content (AvgIpc) is 2.85. The molecule has 1 aliphatic heterocycles. The molecule has 4 amide bonds. The lowest BCUT2D eigenvalue weighted by Gasteiger charge is -2.37. The van der Waals surface area contributed by atoms with Crippen molar-refractivity contribution in [3.8, 4) is 0 Å². The van der Waals surface area contributed by atoms with Gasteiger partial charge in [0.05, 0.1) is 17.8 Å². The van der Waals surface area contributed by atoms with Crippen LogP contribution in [0.1, 0.15) is 23.0 Å². The second-order valence-corrected chi connectivity index (χ2v) is 7.71. The summed E-state index contributed by atoms with van der Waals surface area (Å²) >= 11 is 0. The number of urea groups is 1. The first-order valence-electron chi connectivity index (χ1n) is 10.7. The van der Waals surface area contributed by atoms with Crippen molar-refractivity contribution < 1.29 is 31.9 Å². The summed E-state index contributed by atoms with van der Waals surface area (Å²) in [7, 11) is 0. The van der Waals surface area contributed by atoms with E-state index in [2.05, 4.69) is 9.88 Å². The van der Waals surface area contributed by atoms with Crippen molar-refractivity contribution in [3.05, 3.63) is 59.7 Å². The molecule has 0 radical (unpaired) electrons. The molecule has 2 N–H and O–H groups in total. The zero-order valence-electron chi connectivity index (χ0n) is 18.8. The van der Waals surface area contributed by atoms with Crippen LogP contribution in [-0.2, 0) is 11.3 Å². The van der Waals surface area contributed by atoms with Crippen LogP contribution in [0.3, 0.4) is 0 Å². The molecule has 1 saturated heterocycles. The highest BCUT2D eigenvalue weighted by atomic mass is 19.4. The smallest absolute Gasteiger partial charge is 0.322 e. The second kappa shape index (κ2) is 11.1. The van der Waals surface area contributed by atoms with Crippen molar-refractivity contribution in [1.82, 2.24) is 25.6 Å². The highest BCUT2D eigenvalue weighted by Crippen LogP contribution is 2.21. The maximum Gasteiger partial charge on any atom is 0.472 e. The van der Waals surface area contributed by atoms with Gasteiger partial charge in [-0.25, -0.2) is 9.18 Å². The van der Waals surface area contributed by atoms with Crippen LogP contribution in [0.25, 0.3) is 0 Å². The minimum Gasteiger partial charge on any atom is -0.322 e. The van der Waals surface area contributed by atoms with Crippen molar-refractivity contribution in [3.63, 3.8) is 0 Å². The van der Waals surface area contributed by atoms with Crippen LogP contribution in [-0.4, -0.2) is 71.5 Å².